The number of carbonyl (C=O) groups is 2. The van der Waals surface area contributed by atoms with Crippen molar-refractivity contribution in [3.05, 3.63) is 47.3 Å². The average molecular weight is 398 g/mol. The van der Waals surface area contributed by atoms with Gasteiger partial charge in [-0.2, -0.15) is 0 Å². The van der Waals surface area contributed by atoms with E-state index in [1.165, 1.54) is 11.0 Å². The topological polar surface area (TPSA) is 118 Å². The van der Waals surface area contributed by atoms with Crippen LogP contribution >= 0.6 is 0 Å². The summed E-state index contributed by atoms with van der Waals surface area (Å²) in [5, 5.41) is 9.89. The molecule has 2 aliphatic heterocycles. The van der Waals surface area contributed by atoms with Crippen LogP contribution in [0.3, 0.4) is 0 Å². The molecule has 150 valence electrons. The van der Waals surface area contributed by atoms with Crippen LogP contribution in [0, 0.1) is 17.1 Å². The van der Waals surface area contributed by atoms with E-state index in [2.05, 4.69) is 5.32 Å². The number of rotatable bonds is 5. The molecular weight excluding hydrogens is 379 g/mol. The molecule has 0 saturated carbocycles. The molecule has 0 aliphatic carbocycles. The maximum atomic E-state index is 14.3. The lowest BCUT2D eigenvalue weighted by Gasteiger charge is -2.39. The molecule has 0 atom stereocenters. The van der Waals surface area contributed by atoms with Gasteiger partial charge in [-0.3, -0.25) is 9.59 Å². The van der Waals surface area contributed by atoms with Crippen molar-refractivity contribution < 1.29 is 23.5 Å². The van der Waals surface area contributed by atoms with Gasteiger partial charge in [-0.15, -0.1) is 0 Å². The summed E-state index contributed by atoms with van der Waals surface area (Å²) in [4.78, 5) is 25.6. The molecule has 4 rings (SSSR count). The van der Waals surface area contributed by atoms with Gasteiger partial charge in [0.05, 0.1) is 17.9 Å². The van der Waals surface area contributed by atoms with E-state index >= 15 is 0 Å². The summed E-state index contributed by atoms with van der Waals surface area (Å²) in [6.45, 7) is 1.08. The first-order valence-corrected chi connectivity index (χ1v) is 9.03. The zero-order chi connectivity index (χ0) is 20.5. The predicted octanol–water partition coefficient (Wildman–Crippen LogP) is 1.89. The number of nitrogens with zero attached hydrogens (tertiary/aromatic N) is 1. The van der Waals surface area contributed by atoms with Crippen molar-refractivity contribution in [1.29, 1.82) is 5.41 Å². The predicted molar refractivity (Wildman–Crippen MR) is 104 cm³/mol. The molecule has 2 aliphatic rings. The number of anilines is 2. The van der Waals surface area contributed by atoms with Crippen LogP contribution in [0.25, 0.3) is 0 Å². The fourth-order valence-electron chi connectivity index (χ4n) is 3.26. The number of carbonyl (C=O) groups excluding carboxylic acids is 2. The number of fused-ring (bicyclic) bond motifs is 1. The molecule has 0 unspecified atom stereocenters. The summed E-state index contributed by atoms with van der Waals surface area (Å²) < 4.78 is 25.2. The quantitative estimate of drug-likeness (QED) is 0.525. The Morgan fingerprint density at radius 3 is 2.93 bits per heavy atom. The molecule has 0 aromatic heterocycles. The number of halogens is 1. The van der Waals surface area contributed by atoms with E-state index in [-0.39, 0.29) is 35.4 Å². The lowest BCUT2D eigenvalue weighted by molar-refractivity contribution is -0.118. The zero-order valence-electron chi connectivity index (χ0n) is 15.4. The molecule has 0 radical (unpaired) electrons. The molecule has 1 fully saturated rings. The average Bonchev–Trinajstić information content (AvgIpc) is 2.67. The van der Waals surface area contributed by atoms with E-state index < -0.39 is 11.7 Å². The van der Waals surface area contributed by atoms with Crippen LogP contribution < -0.4 is 20.5 Å². The normalized spacial score (nSPS) is 15.6. The van der Waals surface area contributed by atoms with Gasteiger partial charge >= 0.3 is 0 Å². The van der Waals surface area contributed by atoms with Crippen molar-refractivity contribution in [3.8, 4) is 11.5 Å². The molecule has 0 bridgehead atoms. The Labute approximate surface area is 165 Å². The highest BCUT2D eigenvalue weighted by atomic mass is 19.1. The number of nitrogens with two attached hydrogens (primary N) is 1. The van der Waals surface area contributed by atoms with Crippen LogP contribution in [0.4, 0.5) is 15.8 Å². The van der Waals surface area contributed by atoms with Crippen LogP contribution in [0.15, 0.2) is 30.3 Å². The monoisotopic (exact) mass is 398 g/mol. The third kappa shape index (κ3) is 3.71. The van der Waals surface area contributed by atoms with Crippen molar-refractivity contribution in [1.82, 2.24) is 4.90 Å². The fourth-order valence-corrected chi connectivity index (χ4v) is 3.26. The fraction of sp³-hybridized carbons (Fsp3) is 0.250. The van der Waals surface area contributed by atoms with Gasteiger partial charge in [-0.25, -0.2) is 4.39 Å². The van der Waals surface area contributed by atoms with Crippen molar-refractivity contribution in [2.75, 3.05) is 37.4 Å². The zero-order valence-corrected chi connectivity index (χ0v) is 15.4. The Morgan fingerprint density at radius 2 is 2.17 bits per heavy atom. The third-order valence-corrected chi connectivity index (χ3v) is 4.88. The van der Waals surface area contributed by atoms with Gasteiger partial charge in [0.1, 0.15) is 17.3 Å². The van der Waals surface area contributed by atoms with Gasteiger partial charge < -0.3 is 30.8 Å². The lowest BCUT2D eigenvalue weighted by atomic mass is 9.99. The van der Waals surface area contributed by atoms with Gasteiger partial charge in [0.25, 0.3) is 11.8 Å². The number of hydrogen-bond acceptors (Lipinski definition) is 6. The number of likely N-dealkylation sites (tertiary alicyclic amines) is 1. The molecule has 29 heavy (non-hydrogen) atoms. The highest BCUT2D eigenvalue weighted by Gasteiger charge is 2.33. The van der Waals surface area contributed by atoms with E-state index in [1.54, 1.807) is 18.2 Å². The van der Waals surface area contributed by atoms with Gasteiger partial charge in [-0.05, 0) is 24.3 Å². The summed E-state index contributed by atoms with van der Waals surface area (Å²) in [6, 6.07) is 7.50. The summed E-state index contributed by atoms with van der Waals surface area (Å²) >= 11 is 0. The number of amides is 2. The minimum atomic E-state index is -0.689. The largest absolute Gasteiger partial charge is 0.493 e. The standard InChI is InChI=1S/C20H19FN4O4/c21-15-5-18-17(24-19(26)10-29-18)4-14(15)20(27)25-7-11(8-25)9-28-13-1-2-16(23)12(3-13)6-22/h1-6,11,22H,7-10,23H2,(H,24,26). The van der Waals surface area contributed by atoms with E-state index in [0.29, 0.717) is 36.7 Å². The Hall–Kier alpha value is -3.62. The minimum Gasteiger partial charge on any atom is -0.493 e. The Balaban J connectivity index is 1.35. The Bertz CT molecular complexity index is 1000. The molecule has 9 heteroatoms. The first-order valence-electron chi connectivity index (χ1n) is 9.03. The summed E-state index contributed by atoms with van der Waals surface area (Å²) in [5.41, 5.74) is 7.01. The van der Waals surface area contributed by atoms with Crippen molar-refractivity contribution in [2.24, 2.45) is 5.92 Å². The minimum absolute atomic E-state index is 0.108. The molecule has 4 N–H and O–H groups in total. The van der Waals surface area contributed by atoms with E-state index in [9.17, 15) is 14.0 Å². The summed E-state index contributed by atoms with van der Waals surface area (Å²) in [7, 11) is 0. The Morgan fingerprint density at radius 1 is 1.38 bits per heavy atom. The highest BCUT2D eigenvalue weighted by Crippen LogP contribution is 2.32. The summed E-state index contributed by atoms with van der Waals surface area (Å²) in [6.07, 6.45) is 1.16. The molecule has 2 heterocycles. The first kappa shape index (κ1) is 18.7. The molecule has 2 aromatic rings. The van der Waals surface area contributed by atoms with Crippen LogP contribution in [0.2, 0.25) is 0 Å². The van der Waals surface area contributed by atoms with Crippen LogP contribution in [-0.2, 0) is 4.79 Å². The number of ether oxygens (including phenoxy) is 2. The molecular formula is C20H19FN4O4. The second-order valence-corrected chi connectivity index (χ2v) is 6.99. The van der Waals surface area contributed by atoms with Gasteiger partial charge in [0, 0.05) is 42.5 Å². The number of nitrogen functional groups attached to an aromatic ring is 1. The molecule has 8 nitrogen and oxygen atoms in total. The molecule has 2 aromatic carbocycles. The number of benzene rings is 2. The molecule has 1 saturated heterocycles. The van der Waals surface area contributed by atoms with E-state index in [1.807, 2.05) is 0 Å². The third-order valence-electron chi connectivity index (χ3n) is 4.88. The van der Waals surface area contributed by atoms with Crippen molar-refractivity contribution in [3.63, 3.8) is 0 Å². The van der Waals surface area contributed by atoms with Crippen molar-refractivity contribution in [2.45, 2.75) is 0 Å². The molecule has 2 amide bonds. The second kappa shape index (κ2) is 7.42. The van der Waals surface area contributed by atoms with Gasteiger partial charge in [-0.1, -0.05) is 0 Å². The number of nitrogens with one attached hydrogen (secondary N) is 2. The maximum Gasteiger partial charge on any atom is 0.262 e. The highest BCUT2D eigenvalue weighted by molar-refractivity contribution is 6.00. The summed E-state index contributed by atoms with van der Waals surface area (Å²) in [5.74, 6) is -0.563. The first-order chi connectivity index (χ1) is 13.9. The molecule has 0 spiro atoms. The van der Waals surface area contributed by atoms with Crippen LogP contribution in [0.1, 0.15) is 15.9 Å². The Kier molecular flexibility index (Phi) is 4.79. The van der Waals surface area contributed by atoms with Gasteiger partial charge in [0.15, 0.2) is 6.61 Å². The smallest absolute Gasteiger partial charge is 0.262 e. The maximum absolute atomic E-state index is 14.3. The van der Waals surface area contributed by atoms with Crippen LogP contribution in [-0.4, -0.2) is 49.2 Å². The number of hydrogen-bond donors (Lipinski definition) is 3. The van der Waals surface area contributed by atoms with E-state index in [4.69, 9.17) is 20.6 Å². The van der Waals surface area contributed by atoms with E-state index in [0.717, 1.165) is 12.3 Å². The van der Waals surface area contributed by atoms with Crippen molar-refractivity contribution >= 4 is 29.4 Å². The lowest BCUT2D eigenvalue weighted by Crippen LogP contribution is -2.52. The van der Waals surface area contributed by atoms with Gasteiger partial charge in [0.2, 0.25) is 0 Å². The van der Waals surface area contributed by atoms with Crippen LogP contribution in [0.5, 0.6) is 11.5 Å². The SMILES string of the molecule is N=Cc1cc(OCC2CN(C(=O)c3cc4c(cc3F)OCC(=O)N4)C2)ccc1N. The second-order valence-electron chi connectivity index (χ2n) is 6.99.